The van der Waals surface area contributed by atoms with Crippen LogP contribution in [0, 0.1) is 19.7 Å². The number of aromatic nitrogens is 2. The Balaban J connectivity index is 1.27. The van der Waals surface area contributed by atoms with E-state index in [1.54, 1.807) is 31.2 Å². The number of nitrogens with two attached hydrogens (primary N) is 1. The van der Waals surface area contributed by atoms with E-state index in [1.807, 2.05) is 0 Å². The normalized spacial score (nSPS) is 22.3. The zero-order valence-electron chi connectivity index (χ0n) is 28.3. The van der Waals surface area contributed by atoms with Gasteiger partial charge in [-0.15, -0.1) is 5.10 Å². The maximum absolute atomic E-state index is 15.8. The van der Waals surface area contributed by atoms with Crippen molar-refractivity contribution in [2.24, 2.45) is 0 Å². The molecule has 7 rings (SSSR count). The summed E-state index contributed by atoms with van der Waals surface area (Å²) in [6.45, 7) is 3.25. The van der Waals surface area contributed by atoms with Gasteiger partial charge in [0, 0.05) is 28.7 Å². The van der Waals surface area contributed by atoms with Crippen LogP contribution in [-0.2, 0) is 10.9 Å². The van der Waals surface area contributed by atoms with E-state index in [0.717, 1.165) is 30.4 Å². The molecular weight excluding hydrogens is 709 g/mol. The van der Waals surface area contributed by atoms with Gasteiger partial charge in [0.25, 0.3) is 0 Å². The zero-order chi connectivity index (χ0) is 38.0. The summed E-state index contributed by atoms with van der Waals surface area (Å²) in [6.07, 6.45) is -5.70. The Morgan fingerprint density at radius 2 is 1.74 bits per heavy atom. The fourth-order valence-corrected chi connectivity index (χ4v) is 7.39. The smallest absolute Gasteiger partial charge is 0.416 e. The molecule has 1 aliphatic carbocycles. The van der Waals surface area contributed by atoms with Crippen molar-refractivity contribution in [3.05, 3.63) is 118 Å². The summed E-state index contributed by atoms with van der Waals surface area (Å²) in [5.41, 5.74) is 6.55. The first-order valence-electron chi connectivity index (χ1n) is 16.5. The number of nitrogen functional groups attached to an aromatic ring is 1. The highest BCUT2D eigenvalue weighted by Crippen LogP contribution is 2.47. The molecule has 4 unspecified atom stereocenters. The fraction of sp³-hybridized carbons (Fsp3) is 0.289. The van der Waals surface area contributed by atoms with Crippen molar-refractivity contribution in [2.45, 2.75) is 63.1 Å². The van der Waals surface area contributed by atoms with Crippen LogP contribution in [0.1, 0.15) is 52.7 Å². The topological polar surface area (TPSA) is 104 Å². The number of carbonyl (C=O) groups excluding carboxylic acids is 1. The lowest BCUT2D eigenvalue weighted by Crippen LogP contribution is -2.34. The number of halogens is 7. The lowest BCUT2D eigenvalue weighted by molar-refractivity contribution is -0.137. The molecule has 3 aromatic carbocycles. The molecule has 1 aromatic heterocycles. The Hall–Kier alpha value is -5.60. The third-order valence-corrected chi connectivity index (χ3v) is 9.74. The number of nitrogens with zero attached hydrogens (tertiary/aromatic N) is 3. The van der Waals surface area contributed by atoms with Gasteiger partial charge in [0.05, 0.1) is 30.3 Å². The molecule has 276 valence electrons. The Morgan fingerprint density at radius 1 is 0.962 bits per heavy atom. The standard InChI is InChI=1S/C38H31F7N4O4/c1-18-10-22(14-24(11-18)38(43,44)45)33-31-9-6-25(49(31)36(50)52-33)15-21-13-23(37(40,41)42)5-8-27(21)29-16-28(30(39)17-32(29)51-3)26-7-4-20(12-19(26)2)34-47-48-35(46)53-34/h4-5,7-8,10-17,25,27,31,33H,6,9H2,1-3H3,(H2,46,48). The number of benzene rings is 3. The highest BCUT2D eigenvalue weighted by Gasteiger charge is 2.50. The van der Waals surface area contributed by atoms with Gasteiger partial charge in [-0.1, -0.05) is 41.0 Å². The molecule has 2 fully saturated rings. The minimum absolute atomic E-state index is 0.0797. The second-order valence-corrected chi connectivity index (χ2v) is 13.2. The van der Waals surface area contributed by atoms with Gasteiger partial charge in [0.15, 0.2) is 0 Å². The van der Waals surface area contributed by atoms with E-state index in [0.29, 0.717) is 40.7 Å². The first kappa shape index (κ1) is 35.8. The number of fused-ring (bicyclic) bond motifs is 1. The summed E-state index contributed by atoms with van der Waals surface area (Å²) in [5, 5.41) is 7.53. The summed E-state index contributed by atoms with van der Waals surface area (Å²) in [6, 6.07) is 9.62. The van der Waals surface area contributed by atoms with E-state index in [-0.39, 0.29) is 34.4 Å². The van der Waals surface area contributed by atoms with E-state index in [4.69, 9.17) is 19.6 Å². The van der Waals surface area contributed by atoms with Gasteiger partial charge in [0.1, 0.15) is 17.7 Å². The van der Waals surface area contributed by atoms with Gasteiger partial charge in [-0.2, -0.15) is 26.3 Å². The minimum atomic E-state index is -4.71. The van der Waals surface area contributed by atoms with Crippen LogP contribution in [0.5, 0.6) is 5.75 Å². The van der Waals surface area contributed by atoms with Crippen LogP contribution in [0.3, 0.4) is 0 Å². The maximum atomic E-state index is 15.8. The molecule has 2 N–H and O–H groups in total. The number of allylic oxidation sites excluding steroid dienone is 5. The summed E-state index contributed by atoms with van der Waals surface area (Å²) in [4.78, 5) is 14.7. The van der Waals surface area contributed by atoms with Crippen molar-refractivity contribution >= 4 is 12.1 Å². The number of alkyl halides is 6. The summed E-state index contributed by atoms with van der Waals surface area (Å²) in [7, 11) is 1.32. The molecule has 2 saturated heterocycles. The molecule has 4 aromatic rings. The van der Waals surface area contributed by atoms with Crippen LogP contribution < -0.4 is 10.5 Å². The van der Waals surface area contributed by atoms with Crippen LogP contribution in [0.25, 0.3) is 22.6 Å². The van der Waals surface area contributed by atoms with Crippen molar-refractivity contribution in [2.75, 3.05) is 12.8 Å². The maximum Gasteiger partial charge on any atom is 0.416 e. The number of carbonyl (C=O) groups is 1. The average molecular weight is 741 g/mol. The Kier molecular flexibility index (Phi) is 8.85. The summed E-state index contributed by atoms with van der Waals surface area (Å²) < 4.78 is 115. The quantitative estimate of drug-likeness (QED) is 0.197. The highest BCUT2D eigenvalue weighted by atomic mass is 19.4. The van der Waals surface area contributed by atoms with Crippen LogP contribution >= 0.6 is 0 Å². The van der Waals surface area contributed by atoms with Crippen molar-refractivity contribution in [3.8, 4) is 28.3 Å². The Bertz CT molecular complexity index is 2200. The second-order valence-electron chi connectivity index (χ2n) is 13.2. The van der Waals surface area contributed by atoms with Gasteiger partial charge in [-0.05, 0) is 85.4 Å². The highest BCUT2D eigenvalue weighted by molar-refractivity contribution is 5.75. The van der Waals surface area contributed by atoms with E-state index in [1.165, 1.54) is 37.1 Å². The molecule has 2 aliphatic heterocycles. The van der Waals surface area contributed by atoms with E-state index >= 15 is 4.39 Å². The predicted molar refractivity (Wildman–Crippen MR) is 179 cm³/mol. The molecule has 0 radical (unpaired) electrons. The Labute approximate surface area is 298 Å². The van der Waals surface area contributed by atoms with Gasteiger partial charge in [-0.25, -0.2) is 9.18 Å². The summed E-state index contributed by atoms with van der Waals surface area (Å²) >= 11 is 0. The zero-order valence-corrected chi connectivity index (χ0v) is 28.3. The van der Waals surface area contributed by atoms with Crippen molar-refractivity contribution < 1.29 is 49.4 Å². The number of methoxy groups -OCH3 is 1. The molecule has 0 bridgehead atoms. The van der Waals surface area contributed by atoms with Gasteiger partial charge >= 0.3 is 24.5 Å². The predicted octanol–water partition coefficient (Wildman–Crippen LogP) is 9.56. The number of cyclic esters (lactones) is 1. The van der Waals surface area contributed by atoms with Crippen molar-refractivity contribution in [1.82, 2.24) is 15.1 Å². The number of ether oxygens (including phenoxy) is 2. The van der Waals surface area contributed by atoms with Crippen molar-refractivity contribution in [3.63, 3.8) is 0 Å². The Morgan fingerprint density at radius 3 is 2.40 bits per heavy atom. The lowest BCUT2D eigenvalue weighted by Gasteiger charge is -2.27. The summed E-state index contributed by atoms with van der Waals surface area (Å²) in [5.74, 6) is -1.28. The van der Waals surface area contributed by atoms with E-state index in [2.05, 4.69) is 10.2 Å². The van der Waals surface area contributed by atoms with Crippen LogP contribution in [0.15, 0.2) is 88.4 Å². The van der Waals surface area contributed by atoms with Crippen LogP contribution in [-0.4, -0.2) is 46.6 Å². The van der Waals surface area contributed by atoms with Crippen molar-refractivity contribution in [1.29, 1.82) is 0 Å². The van der Waals surface area contributed by atoms with Gasteiger partial charge in [-0.3, -0.25) is 4.90 Å². The monoisotopic (exact) mass is 740 g/mol. The number of rotatable bonds is 6. The number of hydrogen-bond acceptors (Lipinski definition) is 7. The third-order valence-electron chi connectivity index (χ3n) is 9.74. The third kappa shape index (κ3) is 6.75. The van der Waals surface area contributed by atoms with E-state index < -0.39 is 59.5 Å². The van der Waals surface area contributed by atoms with Gasteiger partial charge < -0.3 is 19.6 Å². The molecule has 15 heteroatoms. The molecule has 4 atom stereocenters. The first-order valence-corrected chi connectivity index (χ1v) is 16.5. The number of hydrogen-bond donors (Lipinski definition) is 1. The SMILES string of the molecule is COc1cc(F)c(-c2ccc(-c3nnc(N)o3)cc2C)cc1C1C=CC(C(F)(F)F)=CC1=CC1CCC2C(c3cc(C)cc(C(F)(F)F)c3)OC(=O)N12. The van der Waals surface area contributed by atoms with E-state index in [9.17, 15) is 31.1 Å². The molecular formula is C38H31F7N4O4. The molecule has 53 heavy (non-hydrogen) atoms. The first-order chi connectivity index (χ1) is 25.0. The number of amides is 1. The van der Waals surface area contributed by atoms with Crippen LogP contribution in [0.4, 0.5) is 41.5 Å². The fourth-order valence-electron chi connectivity index (χ4n) is 7.39. The van der Waals surface area contributed by atoms with Gasteiger partial charge in [0.2, 0.25) is 5.89 Å². The molecule has 3 heterocycles. The molecule has 0 spiro atoms. The van der Waals surface area contributed by atoms with Crippen LogP contribution in [0.2, 0.25) is 0 Å². The number of aryl methyl sites for hydroxylation is 2. The molecule has 8 nitrogen and oxygen atoms in total. The average Bonchev–Trinajstić information content (AvgIpc) is 3.80. The second kappa shape index (κ2) is 13.1. The molecule has 0 saturated carbocycles. The molecule has 3 aliphatic rings. The number of anilines is 1. The lowest BCUT2D eigenvalue weighted by atomic mass is 9.82. The minimum Gasteiger partial charge on any atom is -0.496 e. The molecule has 1 amide bonds. The largest absolute Gasteiger partial charge is 0.496 e.